The van der Waals surface area contributed by atoms with Gasteiger partial charge in [0.25, 0.3) is 0 Å². The Hall–Kier alpha value is -1.14. The molecule has 0 N–H and O–H groups in total. The zero-order valence-electron chi connectivity index (χ0n) is 28.6. The Morgan fingerprint density at radius 2 is 0.707 bits per heavy atom. The molecule has 6 nitrogen and oxygen atoms in total. The molecule has 0 heterocycles. The fourth-order valence-corrected chi connectivity index (χ4v) is 5.27. The third-order valence-electron chi connectivity index (χ3n) is 8.42. The van der Waals surface area contributed by atoms with Gasteiger partial charge in [-0.15, -0.1) is 0 Å². The van der Waals surface area contributed by atoms with Gasteiger partial charge in [0.15, 0.2) is 0 Å². The van der Waals surface area contributed by atoms with Crippen molar-refractivity contribution in [2.75, 3.05) is 67.6 Å². The number of ether oxygens (including phenoxy) is 2. The number of carbonyl (C=O) groups is 2. The van der Waals surface area contributed by atoms with Crippen molar-refractivity contribution in [1.29, 1.82) is 0 Å². The van der Waals surface area contributed by atoms with E-state index in [-0.39, 0.29) is 11.9 Å². The van der Waals surface area contributed by atoms with Gasteiger partial charge in [-0.05, 0) is 12.8 Å². The number of quaternary nitrogens is 2. The third kappa shape index (κ3) is 28.7. The Bertz CT molecular complexity index is 569. The van der Waals surface area contributed by atoms with Crippen LogP contribution in [0.25, 0.3) is 0 Å². The molecule has 0 radical (unpaired) electrons. The first-order chi connectivity index (χ1) is 19.6. The minimum atomic E-state index is -0.0434. The van der Waals surface area contributed by atoms with Crippen LogP contribution in [0.5, 0.6) is 0 Å². The fourth-order valence-electron chi connectivity index (χ4n) is 5.27. The maximum atomic E-state index is 12.1. The molecule has 0 bridgehead atoms. The molecular formula is C35H72N2O4+2. The predicted octanol–water partition coefficient (Wildman–Crippen LogP) is 8.46. The van der Waals surface area contributed by atoms with E-state index in [0.29, 0.717) is 26.1 Å². The van der Waals surface area contributed by atoms with Crippen LogP contribution in [-0.4, -0.2) is 88.5 Å². The van der Waals surface area contributed by atoms with Crippen LogP contribution in [0.3, 0.4) is 0 Å². The number of rotatable bonds is 30. The van der Waals surface area contributed by atoms with E-state index in [9.17, 15) is 9.59 Å². The Morgan fingerprint density at radius 3 is 1.02 bits per heavy atom. The summed E-state index contributed by atoms with van der Waals surface area (Å²) in [5.41, 5.74) is 0. The molecule has 0 aliphatic heterocycles. The first kappa shape index (κ1) is 39.9. The zero-order valence-corrected chi connectivity index (χ0v) is 28.6. The Balaban J connectivity index is 3.77. The van der Waals surface area contributed by atoms with Crippen LogP contribution in [0.15, 0.2) is 0 Å². The molecule has 0 spiro atoms. The highest BCUT2D eigenvalue weighted by molar-refractivity contribution is 5.69. The Kier molecular flexibility index (Phi) is 25.7. The molecule has 0 aliphatic rings. The van der Waals surface area contributed by atoms with Crippen LogP contribution < -0.4 is 0 Å². The summed E-state index contributed by atoms with van der Waals surface area (Å²) in [5, 5.41) is 0. The van der Waals surface area contributed by atoms with E-state index in [4.69, 9.17) is 9.47 Å². The van der Waals surface area contributed by atoms with Gasteiger partial charge in [-0.1, -0.05) is 117 Å². The zero-order chi connectivity index (χ0) is 30.7. The minimum absolute atomic E-state index is 0.0434. The number of carbonyl (C=O) groups excluding carboxylic acids is 2. The molecule has 0 aromatic rings. The second-order valence-electron chi connectivity index (χ2n) is 13.7. The van der Waals surface area contributed by atoms with Crippen molar-refractivity contribution in [3.63, 3.8) is 0 Å². The van der Waals surface area contributed by atoms with Crippen molar-refractivity contribution in [3.8, 4) is 0 Å². The van der Waals surface area contributed by atoms with Gasteiger partial charge in [0.2, 0.25) is 0 Å². The molecular weight excluding hydrogens is 512 g/mol. The van der Waals surface area contributed by atoms with Crippen LogP contribution in [0.4, 0.5) is 0 Å². The lowest BCUT2D eigenvalue weighted by molar-refractivity contribution is -0.909. The van der Waals surface area contributed by atoms with E-state index >= 15 is 0 Å². The molecule has 0 aromatic heterocycles. The molecule has 0 saturated carbocycles. The number of unbranched alkanes of at least 4 members (excludes halogenated alkanes) is 16. The van der Waals surface area contributed by atoms with Crippen LogP contribution in [0.2, 0.25) is 0 Å². The normalized spacial score (nSPS) is 12.0. The second kappa shape index (κ2) is 26.5. The highest BCUT2D eigenvalue weighted by atomic mass is 16.5. The molecule has 244 valence electrons. The van der Waals surface area contributed by atoms with Crippen molar-refractivity contribution >= 4 is 11.9 Å². The maximum absolute atomic E-state index is 12.1. The standard InChI is InChI=1S/C35H72N2O4/c1-7-9-11-13-15-17-19-21-23-26-34(38)40-32-30-36(3,4)28-25-29-37(5,6)31-33-41-35(39)27-24-22-20-18-16-14-12-10-8-2/h7-33H2,1-6H3/q+2. The van der Waals surface area contributed by atoms with Crippen LogP contribution in [0, 0.1) is 0 Å². The van der Waals surface area contributed by atoms with E-state index < -0.39 is 0 Å². The SMILES string of the molecule is CCCCCCCCCCCC(=O)OCC[N+](C)(C)CCC[N+](C)(C)CCOC(=O)CCCCCCCCCCC. The summed E-state index contributed by atoms with van der Waals surface area (Å²) in [5.74, 6) is -0.0869. The molecule has 0 aromatic carbocycles. The highest BCUT2D eigenvalue weighted by Crippen LogP contribution is 2.12. The summed E-state index contributed by atoms with van der Waals surface area (Å²) < 4.78 is 12.8. The molecule has 0 unspecified atom stereocenters. The fraction of sp³-hybridized carbons (Fsp3) is 0.943. The van der Waals surface area contributed by atoms with E-state index in [0.717, 1.165) is 67.2 Å². The van der Waals surface area contributed by atoms with Crippen LogP contribution >= 0.6 is 0 Å². The average molecular weight is 585 g/mol. The first-order valence-corrected chi connectivity index (χ1v) is 17.6. The molecule has 6 heteroatoms. The number of hydrogen-bond donors (Lipinski definition) is 0. The van der Waals surface area contributed by atoms with Crippen molar-refractivity contribution in [2.45, 2.75) is 149 Å². The summed E-state index contributed by atoms with van der Waals surface area (Å²) in [7, 11) is 8.84. The lowest BCUT2D eigenvalue weighted by Gasteiger charge is -2.33. The van der Waals surface area contributed by atoms with Gasteiger partial charge in [-0.3, -0.25) is 9.59 Å². The largest absolute Gasteiger partial charge is 0.460 e. The molecule has 0 fully saturated rings. The summed E-state index contributed by atoms with van der Waals surface area (Å²) >= 11 is 0. The molecule has 0 amide bonds. The second-order valence-corrected chi connectivity index (χ2v) is 13.7. The topological polar surface area (TPSA) is 52.6 Å². The number of nitrogens with zero attached hydrogens (tertiary/aromatic N) is 2. The smallest absolute Gasteiger partial charge is 0.305 e. The summed E-state index contributed by atoms with van der Waals surface area (Å²) in [6.07, 6.45) is 24.9. The van der Waals surface area contributed by atoms with E-state index in [1.54, 1.807) is 0 Å². The van der Waals surface area contributed by atoms with Crippen molar-refractivity contribution in [1.82, 2.24) is 0 Å². The Labute approximate surface area is 256 Å². The number of hydrogen-bond acceptors (Lipinski definition) is 4. The molecule has 0 rings (SSSR count). The predicted molar refractivity (Wildman–Crippen MR) is 174 cm³/mol. The van der Waals surface area contributed by atoms with Crippen LogP contribution in [0.1, 0.15) is 149 Å². The average Bonchev–Trinajstić information content (AvgIpc) is 2.90. The summed E-state index contributed by atoms with van der Waals surface area (Å²) in [6, 6.07) is 0. The summed E-state index contributed by atoms with van der Waals surface area (Å²) in [6.45, 7) is 9.26. The molecule has 0 atom stereocenters. The number of likely N-dealkylation sites (N-methyl/N-ethyl adjacent to an activating group) is 2. The minimum Gasteiger partial charge on any atom is -0.460 e. The van der Waals surface area contributed by atoms with Gasteiger partial charge in [0.1, 0.15) is 26.3 Å². The lowest BCUT2D eigenvalue weighted by atomic mass is 10.1. The lowest BCUT2D eigenvalue weighted by Crippen LogP contribution is -2.47. The van der Waals surface area contributed by atoms with Gasteiger partial charge in [0.05, 0.1) is 41.3 Å². The van der Waals surface area contributed by atoms with E-state index in [1.807, 2.05) is 0 Å². The van der Waals surface area contributed by atoms with Gasteiger partial charge < -0.3 is 18.4 Å². The van der Waals surface area contributed by atoms with Gasteiger partial charge in [-0.2, -0.15) is 0 Å². The van der Waals surface area contributed by atoms with Crippen molar-refractivity contribution < 1.29 is 28.0 Å². The van der Waals surface area contributed by atoms with E-state index in [2.05, 4.69) is 42.0 Å². The van der Waals surface area contributed by atoms with Crippen molar-refractivity contribution in [3.05, 3.63) is 0 Å². The van der Waals surface area contributed by atoms with Crippen molar-refractivity contribution in [2.24, 2.45) is 0 Å². The summed E-state index contributed by atoms with van der Waals surface area (Å²) in [4.78, 5) is 24.2. The molecule has 41 heavy (non-hydrogen) atoms. The monoisotopic (exact) mass is 585 g/mol. The van der Waals surface area contributed by atoms with Gasteiger partial charge in [0, 0.05) is 19.3 Å². The van der Waals surface area contributed by atoms with Crippen LogP contribution in [-0.2, 0) is 19.1 Å². The Morgan fingerprint density at radius 1 is 0.415 bits per heavy atom. The highest BCUT2D eigenvalue weighted by Gasteiger charge is 2.21. The molecule has 0 saturated heterocycles. The van der Waals surface area contributed by atoms with Gasteiger partial charge in [-0.25, -0.2) is 0 Å². The molecule has 0 aliphatic carbocycles. The van der Waals surface area contributed by atoms with Gasteiger partial charge >= 0.3 is 11.9 Å². The number of esters is 2. The van der Waals surface area contributed by atoms with E-state index in [1.165, 1.54) is 89.9 Å². The maximum Gasteiger partial charge on any atom is 0.305 e. The quantitative estimate of drug-likeness (QED) is 0.0483. The third-order valence-corrected chi connectivity index (χ3v) is 8.42. The first-order valence-electron chi connectivity index (χ1n) is 17.6.